The summed E-state index contributed by atoms with van der Waals surface area (Å²) in [6.07, 6.45) is 0. The summed E-state index contributed by atoms with van der Waals surface area (Å²) in [5.74, 6) is -0.719. The summed E-state index contributed by atoms with van der Waals surface area (Å²) in [5.41, 5.74) is 2.13. The summed E-state index contributed by atoms with van der Waals surface area (Å²) in [5, 5.41) is 17.9. The summed E-state index contributed by atoms with van der Waals surface area (Å²) in [7, 11) is 0. The first-order valence-corrected chi connectivity index (χ1v) is 4.79. The second-order valence-corrected chi connectivity index (χ2v) is 3.43. The van der Waals surface area contributed by atoms with Crippen LogP contribution in [0.3, 0.4) is 0 Å². The van der Waals surface area contributed by atoms with Crippen molar-refractivity contribution in [3.63, 3.8) is 0 Å². The Kier molecular flexibility index (Phi) is 3.88. The number of aromatic hydroxyl groups is 1. The molecular formula is C14H14O3. The van der Waals surface area contributed by atoms with Gasteiger partial charge in [-0.25, -0.2) is 4.79 Å². The summed E-state index contributed by atoms with van der Waals surface area (Å²) in [4.78, 5) is 10.7. The molecule has 0 fully saturated rings. The molecule has 2 aromatic rings. The number of carbonyl (C=O) groups is 1. The molecule has 0 spiro atoms. The smallest absolute Gasteiger partial charge is 0.335 e. The molecule has 17 heavy (non-hydrogen) atoms. The highest BCUT2D eigenvalue weighted by Crippen LogP contribution is 2.22. The van der Waals surface area contributed by atoms with Crippen molar-refractivity contribution in [3.8, 4) is 16.9 Å². The number of phenols is 1. The maximum atomic E-state index is 10.7. The average Bonchev–Trinajstić information content (AvgIpc) is 2.30. The summed E-state index contributed by atoms with van der Waals surface area (Å²) in [6, 6.07) is 13.4. The number of carboxylic acids is 1. The molecule has 0 radical (unpaired) electrons. The van der Waals surface area contributed by atoms with Gasteiger partial charge >= 0.3 is 5.97 Å². The summed E-state index contributed by atoms with van der Waals surface area (Å²) >= 11 is 0. The molecule has 3 heteroatoms. The van der Waals surface area contributed by atoms with E-state index in [1.54, 1.807) is 48.5 Å². The van der Waals surface area contributed by atoms with Crippen molar-refractivity contribution in [1.29, 1.82) is 0 Å². The maximum Gasteiger partial charge on any atom is 0.335 e. The van der Waals surface area contributed by atoms with Gasteiger partial charge in [0.05, 0.1) is 5.56 Å². The van der Waals surface area contributed by atoms with E-state index < -0.39 is 5.97 Å². The molecule has 0 amide bonds. The molecule has 88 valence electrons. The van der Waals surface area contributed by atoms with Crippen LogP contribution in [-0.2, 0) is 0 Å². The van der Waals surface area contributed by atoms with E-state index in [1.165, 1.54) is 0 Å². The number of hydrogen-bond acceptors (Lipinski definition) is 2. The predicted molar refractivity (Wildman–Crippen MR) is 67.2 cm³/mol. The zero-order valence-corrected chi connectivity index (χ0v) is 8.42. The van der Waals surface area contributed by atoms with Gasteiger partial charge in [0.15, 0.2) is 0 Å². The second-order valence-electron chi connectivity index (χ2n) is 3.43. The van der Waals surface area contributed by atoms with Crippen molar-refractivity contribution in [3.05, 3.63) is 54.1 Å². The standard InChI is InChI=1S/C13H10O3.CH4/c14-12-7-5-10(6-8-12)9-1-3-11(4-2-9)13(15)16;/h1-8,14H,(H,15,16);1H4. The third-order valence-corrected chi connectivity index (χ3v) is 2.33. The molecule has 2 aromatic carbocycles. The van der Waals surface area contributed by atoms with Crippen LogP contribution in [0.15, 0.2) is 48.5 Å². The van der Waals surface area contributed by atoms with Gasteiger partial charge in [0.1, 0.15) is 5.75 Å². The van der Waals surface area contributed by atoms with Gasteiger partial charge in [0, 0.05) is 0 Å². The van der Waals surface area contributed by atoms with Gasteiger partial charge in [-0.3, -0.25) is 0 Å². The van der Waals surface area contributed by atoms with Crippen LogP contribution < -0.4 is 0 Å². The molecule has 0 aromatic heterocycles. The minimum absolute atomic E-state index is 0. The highest BCUT2D eigenvalue weighted by molar-refractivity contribution is 5.88. The molecule has 0 heterocycles. The van der Waals surface area contributed by atoms with Crippen molar-refractivity contribution >= 4 is 5.97 Å². The molecule has 2 rings (SSSR count). The van der Waals surface area contributed by atoms with Crippen molar-refractivity contribution in [2.24, 2.45) is 0 Å². The zero-order valence-electron chi connectivity index (χ0n) is 8.42. The molecule has 2 N–H and O–H groups in total. The van der Waals surface area contributed by atoms with Gasteiger partial charge in [-0.2, -0.15) is 0 Å². The van der Waals surface area contributed by atoms with E-state index in [9.17, 15) is 4.79 Å². The Morgan fingerprint density at radius 2 is 1.24 bits per heavy atom. The van der Waals surface area contributed by atoms with Crippen LogP contribution in [0.2, 0.25) is 0 Å². The highest BCUT2D eigenvalue weighted by atomic mass is 16.4. The molecule has 0 unspecified atom stereocenters. The van der Waals surface area contributed by atoms with Crippen LogP contribution in [0.5, 0.6) is 5.75 Å². The van der Waals surface area contributed by atoms with Crippen molar-refractivity contribution in [1.82, 2.24) is 0 Å². The van der Waals surface area contributed by atoms with E-state index >= 15 is 0 Å². The maximum absolute atomic E-state index is 10.7. The second kappa shape index (κ2) is 5.16. The molecule has 0 aliphatic carbocycles. The fourth-order valence-electron chi connectivity index (χ4n) is 1.46. The number of hydrogen-bond donors (Lipinski definition) is 2. The lowest BCUT2D eigenvalue weighted by atomic mass is 10.0. The summed E-state index contributed by atoms with van der Waals surface area (Å²) in [6.45, 7) is 0. The van der Waals surface area contributed by atoms with E-state index in [-0.39, 0.29) is 18.7 Å². The molecule has 0 atom stereocenters. The molecule has 0 saturated heterocycles. The Bertz CT molecular complexity index is 498. The number of benzene rings is 2. The third-order valence-electron chi connectivity index (χ3n) is 2.33. The van der Waals surface area contributed by atoms with Crippen molar-refractivity contribution in [2.45, 2.75) is 7.43 Å². The van der Waals surface area contributed by atoms with E-state index in [2.05, 4.69) is 0 Å². The lowest BCUT2D eigenvalue weighted by molar-refractivity contribution is 0.0697. The fraction of sp³-hybridized carbons (Fsp3) is 0.0714. The Morgan fingerprint density at radius 1 is 0.824 bits per heavy atom. The van der Waals surface area contributed by atoms with Crippen molar-refractivity contribution < 1.29 is 15.0 Å². The summed E-state index contributed by atoms with van der Waals surface area (Å²) < 4.78 is 0. The predicted octanol–water partition coefficient (Wildman–Crippen LogP) is 3.39. The SMILES string of the molecule is C.O=C(O)c1ccc(-c2ccc(O)cc2)cc1. The quantitative estimate of drug-likeness (QED) is 0.831. The topological polar surface area (TPSA) is 57.5 Å². The van der Waals surface area contributed by atoms with Gasteiger partial charge in [-0.05, 0) is 35.4 Å². The molecule has 0 bridgehead atoms. The van der Waals surface area contributed by atoms with E-state index in [0.29, 0.717) is 0 Å². The van der Waals surface area contributed by atoms with Crippen molar-refractivity contribution in [2.75, 3.05) is 0 Å². The Balaban J connectivity index is 0.00000144. The first-order chi connectivity index (χ1) is 7.66. The zero-order chi connectivity index (χ0) is 11.5. The van der Waals surface area contributed by atoms with E-state index in [0.717, 1.165) is 11.1 Å². The van der Waals surface area contributed by atoms with Gasteiger partial charge in [0.25, 0.3) is 0 Å². The monoisotopic (exact) mass is 230 g/mol. The molecule has 0 saturated carbocycles. The molecule has 3 nitrogen and oxygen atoms in total. The van der Waals surface area contributed by atoms with Crippen LogP contribution in [-0.4, -0.2) is 16.2 Å². The van der Waals surface area contributed by atoms with Crippen LogP contribution >= 0.6 is 0 Å². The number of rotatable bonds is 2. The molecular weight excluding hydrogens is 216 g/mol. The normalized spacial score (nSPS) is 9.41. The van der Waals surface area contributed by atoms with Crippen LogP contribution in [0, 0.1) is 0 Å². The van der Waals surface area contributed by atoms with Gasteiger partial charge in [0.2, 0.25) is 0 Å². The van der Waals surface area contributed by atoms with Crippen LogP contribution in [0.1, 0.15) is 17.8 Å². The van der Waals surface area contributed by atoms with Crippen LogP contribution in [0.25, 0.3) is 11.1 Å². The third kappa shape index (κ3) is 2.84. The first-order valence-electron chi connectivity index (χ1n) is 4.79. The van der Waals surface area contributed by atoms with Gasteiger partial charge in [-0.1, -0.05) is 31.7 Å². The number of carboxylic acid groups (broad SMARTS) is 1. The molecule has 0 aliphatic heterocycles. The number of aromatic carboxylic acids is 1. The highest BCUT2D eigenvalue weighted by Gasteiger charge is 2.02. The Morgan fingerprint density at radius 3 is 1.65 bits per heavy atom. The first kappa shape index (κ1) is 12.8. The number of phenolic OH excluding ortho intramolecular Hbond substituents is 1. The Labute approximate surface area is 100.0 Å². The average molecular weight is 230 g/mol. The lowest BCUT2D eigenvalue weighted by Crippen LogP contribution is -1.94. The Hall–Kier alpha value is -2.29. The fourth-order valence-corrected chi connectivity index (χ4v) is 1.46. The largest absolute Gasteiger partial charge is 0.508 e. The van der Waals surface area contributed by atoms with Crippen LogP contribution in [0.4, 0.5) is 0 Å². The van der Waals surface area contributed by atoms with Gasteiger partial charge < -0.3 is 10.2 Å². The van der Waals surface area contributed by atoms with E-state index in [4.69, 9.17) is 10.2 Å². The van der Waals surface area contributed by atoms with E-state index in [1.807, 2.05) is 0 Å². The minimum atomic E-state index is -0.933. The van der Waals surface area contributed by atoms with Gasteiger partial charge in [-0.15, -0.1) is 0 Å². The lowest BCUT2D eigenvalue weighted by Gasteiger charge is -2.02. The minimum Gasteiger partial charge on any atom is -0.508 e. The molecule has 0 aliphatic rings.